The Kier molecular flexibility index (Phi) is 5.44. The van der Waals surface area contributed by atoms with Crippen molar-refractivity contribution >= 4 is 23.8 Å². The SMILES string of the molecule is C=C1C=Cc2cc(Cl)ccc2C(N2CCN(C(=O)OC(C)(C)C)CC2)C1. The summed E-state index contributed by atoms with van der Waals surface area (Å²) in [6, 6.07) is 6.33. The molecule has 1 aromatic carbocycles. The summed E-state index contributed by atoms with van der Waals surface area (Å²) >= 11 is 6.18. The number of hydrogen-bond donors (Lipinski definition) is 0. The predicted octanol–water partition coefficient (Wildman–Crippen LogP) is 4.91. The Bertz CT molecular complexity index is 728. The van der Waals surface area contributed by atoms with Crippen LogP contribution in [0.3, 0.4) is 0 Å². The molecule has 3 rings (SSSR count). The first-order valence-corrected chi connectivity index (χ1v) is 9.48. The van der Waals surface area contributed by atoms with Crippen molar-refractivity contribution in [3.8, 4) is 0 Å². The molecule has 0 saturated carbocycles. The normalized spacial score (nSPS) is 21.3. The molecule has 0 bridgehead atoms. The zero-order valence-corrected chi connectivity index (χ0v) is 16.6. The average molecular weight is 375 g/mol. The Hall–Kier alpha value is -1.78. The smallest absolute Gasteiger partial charge is 0.410 e. The van der Waals surface area contributed by atoms with E-state index in [4.69, 9.17) is 16.3 Å². The number of benzene rings is 1. The second-order valence-corrected chi connectivity index (χ2v) is 8.42. The summed E-state index contributed by atoms with van der Waals surface area (Å²) in [5.74, 6) is 0. The topological polar surface area (TPSA) is 32.8 Å². The highest BCUT2D eigenvalue weighted by molar-refractivity contribution is 6.30. The van der Waals surface area contributed by atoms with Crippen LogP contribution in [-0.2, 0) is 4.74 Å². The minimum Gasteiger partial charge on any atom is -0.444 e. The largest absolute Gasteiger partial charge is 0.444 e. The lowest BCUT2D eigenvalue weighted by molar-refractivity contribution is 0.0102. The molecule has 1 saturated heterocycles. The maximum absolute atomic E-state index is 12.3. The number of amides is 1. The number of nitrogens with zero attached hydrogens (tertiary/aromatic N) is 2. The quantitative estimate of drug-likeness (QED) is 0.700. The maximum Gasteiger partial charge on any atom is 0.410 e. The van der Waals surface area contributed by atoms with Gasteiger partial charge in [0.05, 0.1) is 0 Å². The third kappa shape index (κ3) is 4.49. The van der Waals surface area contributed by atoms with E-state index in [1.807, 2.05) is 32.9 Å². The second kappa shape index (κ2) is 7.45. The van der Waals surface area contributed by atoms with Gasteiger partial charge in [-0.2, -0.15) is 0 Å². The van der Waals surface area contributed by atoms with Crippen LogP contribution in [0.5, 0.6) is 0 Å². The molecule has 5 heteroatoms. The summed E-state index contributed by atoms with van der Waals surface area (Å²) in [6.45, 7) is 12.9. The standard InChI is InChI=1S/C21H27ClN2O2/c1-15-5-6-16-14-17(22)7-8-18(16)19(13-15)23-9-11-24(12-10-23)20(25)26-21(2,3)4/h5-8,14,19H,1,9-13H2,2-4H3. The van der Waals surface area contributed by atoms with Crippen LogP contribution in [0.1, 0.15) is 44.4 Å². The third-order valence-corrected chi connectivity index (χ3v) is 5.00. The van der Waals surface area contributed by atoms with Crippen LogP contribution in [-0.4, -0.2) is 47.7 Å². The molecule has 1 aliphatic carbocycles. The van der Waals surface area contributed by atoms with Gasteiger partial charge in [-0.3, -0.25) is 4.90 Å². The zero-order chi connectivity index (χ0) is 18.9. The van der Waals surface area contributed by atoms with E-state index in [0.717, 1.165) is 35.7 Å². The van der Waals surface area contributed by atoms with Crippen molar-refractivity contribution in [3.63, 3.8) is 0 Å². The highest BCUT2D eigenvalue weighted by Gasteiger charge is 2.30. The molecule has 1 fully saturated rings. The highest BCUT2D eigenvalue weighted by Crippen LogP contribution is 2.35. The van der Waals surface area contributed by atoms with Crippen LogP contribution in [0.4, 0.5) is 4.79 Å². The van der Waals surface area contributed by atoms with E-state index >= 15 is 0 Å². The van der Waals surface area contributed by atoms with E-state index in [0.29, 0.717) is 13.1 Å². The maximum atomic E-state index is 12.3. The molecule has 0 N–H and O–H groups in total. The molecule has 1 amide bonds. The first-order valence-electron chi connectivity index (χ1n) is 9.10. The van der Waals surface area contributed by atoms with Gasteiger partial charge in [0.2, 0.25) is 0 Å². The highest BCUT2D eigenvalue weighted by atomic mass is 35.5. The number of fused-ring (bicyclic) bond motifs is 1. The lowest BCUT2D eigenvalue weighted by Gasteiger charge is -2.40. The number of rotatable bonds is 1. The van der Waals surface area contributed by atoms with Gasteiger partial charge in [0, 0.05) is 37.2 Å². The van der Waals surface area contributed by atoms with Crippen molar-refractivity contribution in [1.82, 2.24) is 9.80 Å². The molecule has 0 aromatic heterocycles. The van der Waals surface area contributed by atoms with Crippen molar-refractivity contribution in [2.45, 2.75) is 38.8 Å². The summed E-state index contributed by atoms with van der Waals surface area (Å²) in [5.41, 5.74) is 3.07. The fourth-order valence-corrected chi connectivity index (χ4v) is 3.68. The summed E-state index contributed by atoms with van der Waals surface area (Å²) in [6.07, 6.45) is 4.83. The molecular formula is C21H27ClN2O2. The van der Waals surface area contributed by atoms with Gasteiger partial charge in [0.15, 0.2) is 0 Å². The van der Waals surface area contributed by atoms with E-state index in [9.17, 15) is 4.79 Å². The monoisotopic (exact) mass is 374 g/mol. The second-order valence-electron chi connectivity index (χ2n) is 7.99. The minimum absolute atomic E-state index is 0.226. The van der Waals surface area contributed by atoms with Gasteiger partial charge in [-0.05, 0) is 50.5 Å². The van der Waals surface area contributed by atoms with Gasteiger partial charge in [0.1, 0.15) is 5.60 Å². The van der Waals surface area contributed by atoms with Crippen molar-refractivity contribution in [2.24, 2.45) is 0 Å². The van der Waals surface area contributed by atoms with E-state index in [1.54, 1.807) is 4.90 Å². The zero-order valence-electron chi connectivity index (χ0n) is 15.8. The van der Waals surface area contributed by atoms with Crippen LogP contribution >= 0.6 is 11.6 Å². The van der Waals surface area contributed by atoms with Gasteiger partial charge >= 0.3 is 6.09 Å². The average Bonchev–Trinajstić information content (AvgIpc) is 2.72. The Morgan fingerprint density at radius 3 is 2.54 bits per heavy atom. The van der Waals surface area contributed by atoms with Crippen molar-refractivity contribution in [2.75, 3.05) is 26.2 Å². The van der Waals surface area contributed by atoms with Crippen molar-refractivity contribution < 1.29 is 9.53 Å². The fraction of sp³-hybridized carbons (Fsp3) is 0.476. The Morgan fingerprint density at radius 2 is 1.88 bits per heavy atom. The number of piperazine rings is 1. The molecule has 1 unspecified atom stereocenters. The van der Waals surface area contributed by atoms with Crippen molar-refractivity contribution in [1.29, 1.82) is 0 Å². The molecule has 1 aliphatic heterocycles. The first-order chi connectivity index (χ1) is 12.2. The lowest BCUT2D eigenvalue weighted by Crippen LogP contribution is -2.50. The molecule has 26 heavy (non-hydrogen) atoms. The van der Waals surface area contributed by atoms with Crippen LogP contribution in [0.15, 0.2) is 36.4 Å². The van der Waals surface area contributed by atoms with Gasteiger partial charge in [-0.15, -0.1) is 0 Å². The van der Waals surface area contributed by atoms with Crippen LogP contribution in [0, 0.1) is 0 Å². The fourth-order valence-electron chi connectivity index (χ4n) is 3.50. The van der Waals surface area contributed by atoms with Gasteiger partial charge in [0.25, 0.3) is 0 Å². The Balaban J connectivity index is 1.71. The van der Waals surface area contributed by atoms with E-state index in [-0.39, 0.29) is 12.1 Å². The van der Waals surface area contributed by atoms with Crippen LogP contribution < -0.4 is 0 Å². The predicted molar refractivity (Wildman–Crippen MR) is 106 cm³/mol. The molecular weight excluding hydrogens is 348 g/mol. The first kappa shape index (κ1) is 19.0. The number of allylic oxidation sites excluding steroid dienone is 1. The number of halogens is 1. The molecule has 1 atom stereocenters. The van der Waals surface area contributed by atoms with Crippen LogP contribution in [0.25, 0.3) is 6.08 Å². The number of hydrogen-bond acceptors (Lipinski definition) is 3. The number of carbonyl (C=O) groups excluding carboxylic acids is 1. The summed E-state index contributed by atoms with van der Waals surface area (Å²) in [5, 5.41) is 0.745. The van der Waals surface area contributed by atoms with Gasteiger partial charge < -0.3 is 9.64 Å². The molecule has 140 valence electrons. The summed E-state index contributed by atoms with van der Waals surface area (Å²) in [7, 11) is 0. The molecule has 0 radical (unpaired) electrons. The molecule has 1 aromatic rings. The summed E-state index contributed by atoms with van der Waals surface area (Å²) < 4.78 is 5.49. The Labute approximate surface area is 161 Å². The Morgan fingerprint density at radius 1 is 1.19 bits per heavy atom. The number of ether oxygens (including phenoxy) is 1. The molecule has 0 spiro atoms. The molecule has 4 nitrogen and oxygen atoms in total. The van der Waals surface area contributed by atoms with Crippen molar-refractivity contribution in [3.05, 3.63) is 52.6 Å². The molecule has 2 aliphatic rings. The van der Waals surface area contributed by atoms with Gasteiger partial charge in [-0.25, -0.2) is 4.79 Å². The third-order valence-electron chi connectivity index (χ3n) is 4.77. The minimum atomic E-state index is -0.461. The van der Waals surface area contributed by atoms with Crippen LogP contribution in [0.2, 0.25) is 5.02 Å². The van der Waals surface area contributed by atoms with E-state index < -0.39 is 5.60 Å². The van der Waals surface area contributed by atoms with E-state index in [2.05, 4.69) is 29.7 Å². The molecule has 1 heterocycles. The summed E-state index contributed by atoms with van der Waals surface area (Å²) in [4.78, 5) is 16.5. The van der Waals surface area contributed by atoms with E-state index in [1.165, 1.54) is 5.56 Å². The van der Waals surface area contributed by atoms with Gasteiger partial charge in [-0.1, -0.05) is 42.0 Å². The lowest BCUT2D eigenvalue weighted by atomic mass is 9.96. The number of carbonyl (C=O) groups is 1.